The molecule has 0 radical (unpaired) electrons. The van der Waals surface area contributed by atoms with Crippen molar-refractivity contribution in [3.8, 4) is 0 Å². The minimum Gasteiger partial charge on any atom is -0.258 e. The van der Waals surface area contributed by atoms with Crippen molar-refractivity contribution in [3.05, 3.63) is 35.4 Å². The van der Waals surface area contributed by atoms with Gasteiger partial charge in [-0.15, -0.1) is 0 Å². The summed E-state index contributed by atoms with van der Waals surface area (Å²) >= 11 is 0. The van der Waals surface area contributed by atoms with Gasteiger partial charge in [0.1, 0.15) is 0 Å². The first-order chi connectivity index (χ1) is 7.73. The van der Waals surface area contributed by atoms with E-state index in [1.165, 1.54) is 0 Å². The van der Waals surface area contributed by atoms with E-state index in [4.69, 9.17) is 0 Å². The van der Waals surface area contributed by atoms with Crippen LogP contribution >= 0.6 is 0 Å². The Morgan fingerprint density at radius 3 is 2.24 bits per heavy atom. The Morgan fingerprint density at radius 1 is 1.18 bits per heavy atom. The number of carbonyl (C=O) groups is 1. The van der Waals surface area contributed by atoms with E-state index in [2.05, 4.69) is 0 Å². The Bertz CT molecular complexity index is 414. The molecule has 0 N–H and O–H groups in total. The molecule has 2 atom stereocenters. The topological polar surface area (TPSA) is 17.1 Å². The molecule has 7 heteroatoms. The summed E-state index contributed by atoms with van der Waals surface area (Å²) < 4.78 is 74.4. The first-order valence-electron chi connectivity index (χ1n) is 4.38. The Balaban J connectivity index is 3.04. The summed E-state index contributed by atoms with van der Waals surface area (Å²) in [5.41, 5.74) is -1.94. The van der Waals surface area contributed by atoms with E-state index >= 15 is 0 Å². The molecule has 0 heterocycles. The lowest BCUT2D eigenvalue weighted by molar-refractivity contribution is -0.137. The lowest BCUT2D eigenvalue weighted by Crippen LogP contribution is -2.18. The molecular weight excluding hydrogens is 250 g/mol. The second-order valence-electron chi connectivity index (χ2n) is 3.23. The van der Waals surface area contributed by atoms with Gasteiger partial charge in [0, 0.05) is 0 Å². The van der Waals surface area contributed by atoms with Crippen LogP contribution in [0.1, 0.15) is 17.3 Å². The molecule has 0 aliphatic carbocycles. The summed E-state index contributed by atoms with van der Waals surface area (Å²) in [4.78, 5) is 9.94. The molecule has 2 unspecified atom stereocenters. The third kappa shape index (κ3) is 3.21. The van der Waals surface area contributed by atoms with E-state index < -0.39 is 35.7 Å². The number of halogens is 6. The van der Waals surface area contributed by atoms with Crippen LogP contribution in [0.2, 0.25) is 0 Å². The number of rotatable bonds is 3. The van der Waals surface area contributed by atoms with Gasteiger partial charge in [-0.1, -0.05) is 12.1 Å². The molecular formula is C10H6F6O. The molecule has 94 valence electrons. The molecule has 17 heavy (non-hydrogen) atoms. The number of carbonyl (C=O) groups excluding carboxylic acids is 1. The van der Waals surface area contributed by atoms with Crippen LogP contribution in [0.25, 0.3) is 0 Å². The van der Waals surface area contributed by atoms with E-state index in [0.717, 1.165) is 12.1 Å². The Kier molecular flexibility index (Phi) is 3.79. The minimum atomic E-state index is -4.72. The summed E-state index contributed by atoms with van der Waals surface area (Å²) in [5, 5.41) is 0. The molecule has 1 aromatic rings. The number of hydrogen-bond donors (Lipinski definition) is 0. The summed E-state index contributed by atoms with van der Waals surface area (Å²) in [6.07, 6.45) is -10.6. The highest BCUT2D eigenvalue weighted by Crippen LogP contribution is 2.32. The van der Waals surface area contributed by atoms with E-state index in [-0.39, 0.29) is 0 Å². The molecule has 0 aliphatic rings. The number of hydrogen-bond acceptors (Lipinski definition) is 1. The van der Waals surface area contributed by atoms with Gasteiger partial charge in [0.25, 0.3) is 0 Å². The molecule has 0 amide bonds. The van der Waals surface area contributed by atoms with E-state index in [0.29, 0.717) is 12.1 Å². The predicted molar refractivity (Wildman–Crippen MR) is 46.3 cm³/mol. The van der Waals surface area contributed by atoms with Crippen LogP contribution in [0.5, 0.6) is 0 Å². The van der Waals surface area contributed by atoms with Crippen molar-refractivity contribution in [2.24, 2.45) is 0 Å². The molecule has 0 bridgehead atoms. The van der Waals surface area contributed by atoms with Crippen molar-refractivity contribution in [2.75, 3.05) is 0 Å². The van der Waals surface area contributed by atoms with Gasteiger partial charge in [-0.05, 0) is 17.7 Å². The number of alkyl halides is 5. The van der Waals surface area contributed by atoms with Crippen LogP contribution in [0, 0.1) is 0 Å². The zero-order valence-electron chi connectivity index (χ0n) is 8.14. The van der Waals surface area contributed by atoms with Crippen molar-refractivity contribution < 1.29 is 31.1 Å². The SMILES string of the molecule is O=C(F)C(F)C(F)c1cccc(C(F)(F)F)c1. The van der Waals surface area contributed by atoms with Gasteiger partial charge in [0.15, 0.2) is 6.17 Å². The van der Waals surface area contributed by atoms with Gasteiger partial charge in [0.05, 0.1) is 5.56 Å². The normalized spacial score (nSPS) is 15.4. The van der Waals surface area contributed by atoms with Crippen molar-refractivity contribution in [3.63, 3.8) is 0 Å². The van der Waals surface area contributed by atoms with Crippen molar-refractivity contribution in [1.29, 1.82) is 0 Å². The summed E-state index contributed by atoms with van der Waals surface area (Å²) in [7, 11) is 0. The quantitative estimate of drug-likeness (QED) is 0.597. The maximum absolute atomic E-state index is 13.1. The monoisotopic (exact) mass is 256 g/mol. The zero-order chi connectivity index (χ0) is 13.2. The van der Waals surface area contributed by atoms with Gasteiger partial charge in [-0.2, -0.15) is 17.6 Å². The maximum atomic E-state index is 13.1. The van der Waals surface area contributed by atoms with E-state index in [1.54, 1.807) is 0 Å². The van der Waals surface area contributed by atoms with Gasteiger partial charge in [-0.3, -0.25) is 4.79 Å². The average molecular weight is 256 g/mol. The first kappa shape index (κ1) is 13.5. The molecule has 0 saturated carbocycles. The predicted octanol–water partition coefficient (Wildman–Crippen LogP) is 3.55. The Morgan fingerprint density at radius 2 is 1.76 bits per heavy atom. The van der Waals surface area contributed by atoms with Crippen LogP contribution in [0.4, 0.5) is 26.3 Å². The van der Waals surface area contributed by atoms with Gasteiger partial charge in [0.2, 0.25) is 6.17 Å². The maximum Gasteiger partial charge on any atom is 0.416 e. The molecule has 1 aromatic carbocycles. The molecule has 0 fully saturated rings. The second kappa shape index (κ2) is 4.77. The van der Waals surface area contributed by atoms with Crippen LogP contribution in [0.3, 0.4) is 0 Å². The molecule has 1 rings (SSSR count). The minimum absolute atomic E-state index is 0.334. The van der Waals surface area contributed by atoms with Gasteiger partial charge >= 0.3 is 12.2 Å². The fraction of sp³-hybridized carbons (Fsp3) is 0.300. The van der Waals surface area contributed by atoms with Crippen LogP contribution in [-0.4, -0.2) is 12.2 Å². The summed E-state index contributed by atoms with van der Waals surface area (Å²) in [6, 6.07) is 0.117. The first-order valence-corrected chi connectivity index (χ1v) is 4.38. The Labute approximate surface area is 92.0 Å². The van der Waals surface area contributed by atoms with Crippen LogP contribution in [-0.2, 0) is 11.0 Å². The van der Waals surface area contributed by atoms with Gasteiger partial charge in [-0.25, -0.2) is 8.78 Å². The van der Waals surface area contributed by atoms with Crippen molar-refractivity contribution in [1.82, 2.24) is 0 Å². The second-order valence-corrected chi connectivity index (χ2v) is 3.23. The van der Waals surface area contributed by atoms with E-state index in [1.807, 2.05) is 0 Å². The highest BCUT2D eigenvalue weighted by Gasteiger charge is 2.34. The zero-order valence-corrected chi connectivity index (χ0v) is 8.14. The third-order valence-electron chi connectivity index (χ3n) is 2.01. The summed E-state index contributed by atoms with van der Waals surface area (Å²) in [5.74, 6) is 0. The molecule has 1 nitrogen and oxygen atoms in total. The van der Waals surface area contributed by atoms with Crippen molar-refractivity contribution >= 4 is 6.04 Å². The molecule has 0 saturated heterocycles. The molecule has 0 aromatic heterocycles. The third-order valence-corrected chi connectivity index (χ3v) is 2.01. The standard InChI is InChI=1S/C10H6F6O/c11-7(8(12)9(13)17)5-2-1-3-6(4-5)10(14,15)16/h1-4,7-8H. The fourth-order valence-electron chi connectivity index (χ4n) is 1.17. The van der Waals surface area contributed by atoms with Crippen molar-refractivity contribution in [2.45, 2.75) is 18.5 Å². The lowest BCUT2D eigenvalue weighted by Gasteiger charge is -2.12. The van der Waals surface area contributed by atoms with Crippen LogP contribution in [0.15, 0.2) is 24.3 Å². The smallest absolute Gasteiger partial charge is 0.258 e. The Hall–Kier alpha value is -1.53. The molecule has 0 spiro atoms. The summed E-state index contributed by atoms with van der Waals surface area (Å²) in [6.45, 7) is 0. The highest BCUT2D eigenvalue weighted by molar-refractivity contribution is 5.74. The van der Waals surface area contributed by atoms with Gasteiger partial charge < -0.3 is 0 Å². The fourth-order valence-corrected chi connectivity index (χ4v) is 1.17. The average Bonchev–Trinajstić information content (AvgIpc) is 2.26. The number of benzene rings is 1. The molecule has 0 aliphatic heterocycles. The van der Waals surface area contributed by atoms with E-state index in [9.17, 15) is 31.1 Å². The lowest BCUT2D eigenvalue weighted by atomic mass is 10.0. The van der Waals surface area contributed by atoms with Crippen LogP contribution < -0.4 is 0 Å². The largest absolute Gasteiger partial charge is 0.416 e. The highest BCUT2D eigenvalue weighted by atomic mass is 19.4.